The Kier molecular flexibility index (Phi) is 5.00. The van der Waals surface area contributed by atoms with Crippen molar-refractivity contribution in [2.45, 2.75) is 6.42 Å². The van der Waals surface area contributed by atoms with Crippen LogP contribution in [0.15, 0.2) is 54.6 Å². The molecule has 0 radical (unpaired) electrons. The summed E-state index contributed by atoms with van der Waals surface area (Å²) in [7, 11) is 0. The Morgan fingerprint density at radius 2 is 1.68 bits per heavy atom. The monoisotopic (exact) mass is 354 g/mol. The second-order valence-electron chi connectivity index (χ2n) is 5.12. The lowest BCUT2D eigenvalue weighted by molar-refractivity contribution is 0.102. The van der Waals surface area contributed by atoms with Gasteiger partial charge in [0.15, 0.2) is 0 Å². The highest BCUT2D eigenvalue weighted by atomic mass is 32.1. The average Bonchev–Trinajstić information content (AvgIpc) is 3.02. The molecule has 1 aromatic heterocycles. The largest absolute Gasteiger partial charge is 0.465 e. The minimum absolute atomic E-state index is 0.329. The van der Waals surface area contributed by atoms with Gasteiger partial charge < -0.3 is 5.11 Å². The van der Waals surface area contributed by atoms with E-state index in [2.05, 4.69) is 20.8 Å². The molecule has 0 unspecified atom stereocenters. The molecule has 2 aromatic carbocycles. The predicted octanol–water partition coefficient (Wildman–Crippen LogP) is 3.47. The molecule has 0 aliphatic carbocycles. The molecule has 126 valence electrons. The van der Waals surface area contributed by atoms with Gasteiger partial charge in [0.1, 0.15) is 5.01 Å². The Morgan fingerprint density at radius 3 is 2.36 bits per heavy atom. The van der Waals surface area contributed by atoms with Crippen LogP contribution in [0.4, 0.5) is 15.6 Å². The van der Waals surface area contributed by atoms with Gasteiger partial charge in [-0.05, 0) is 29.8 Å². The van der Waals surface area contributed by atoms with Crippen molar-refractivity contribution in [3.05, 3.63) is 70.7 Å². The van der Waals surface area contributed by atoms with Gasteiger partial charge in [-0.15, -0.1) is 10.2 Å². The summed E-state index contributed by atoms with van der Waals surface area (Å²) in [5.74, 6) is -0.329. The van der Waals surface area contributed by atoms with Crippen molar-refractivity contribution in [2.24, 2.45) is 0 Å². The number of hydrogen-bond acceptors (Lipinski definition) is 5. The zero-order valence-corrected chi connectivity index (χ0v) is 13.8. The molecule has 8 heteroatoms. The quantitative estimate of drug-likeness (QED) is 0.651. The van der Waals surface area contributed by atoms with Gasteiger partial charge in [-0.25, -0.2) is 4.79 Å². The third-order valence-electron chi connectivity index (χ3n) is 3.28. The maximum atomic E-state index is 12.2. The Labute approximate surface area is 147 Å². The van der Waals surface area contributed by atoms with Gasteiger partial charge in [0.2, 0.25) is 5.13 Å². The van der Waals surface area contributed by atoms with Crippen LogP contribution in [0.25, 0.3) is 0 Å². The molecule has 0 atom stereocenters. The summed E-state index contributed by atoms with van der Waals surface area (Å²) in [6.45, 7) is 0. The maximum absolute atomic E-state index is 12.2. The van der Waals surface area contributed by atoms with Crippen LogP contribution in [0, 0.1) is 0 Å². The minimum Gasteiger partial charge on any atom is -0.465 e. The SMILES string of the molecule is O=C(O)Nc1ccc(C(=O)Nc2nnc(Cc3ccccc3)s2)cc1. The van der Waals surface area contributed by atoms with E-state index in [1.54, 1.807) is 0 Å². The topological polar surface area (TPSA) is 104 Å². The van der Waals surface area contributed by atoms with Crippen molar-refractivity contribution in [1.82, 2.24) is 10.2 Å². The summed E-state index contributed by atoms with van der Waals surface area (Å²) in [5, 5.41) is 22.8. The molecule has 3 N–H and O–H groups in total. The van der Waals surface area contributed by atoms with Gasteiger partial charge in [0.25, 0.3) is 5.91 Å². The summed E-state index contributed by atoms with van der Waals surface area (Å²) >= 11 is 1.32. The molecule has 3 rings (SSSR count). The Balaban J connectivity index is 1.62. The Bertz CT molecular complexity index is 878. The van der Waals surface area contributed by atoms with Crippen LogP contribution in [0.5, 0.6) is 0 Å². The first kappa shape index (κ1) is 16.6. The Hall–Kier alpha value is -3.26. The van der Waals surface area contributed by atoms with E-state index < -0.39 is 6.09 Å². The number of anilines is 2. The van der Waals surface area contributed by atoms with Crippen LogP contribution >= 0.6 is 11.3 Å². The Morgan fingerprint density at radius 1 is 0.960 bits per heavy atom. The third-order valence-corrected chi connectivity index (χ3v) is 4.12. The minimum atomic E-state index is -1.16. The van der Waals surface area contributed by atoms with Crippen molar-refractivity contribution < 1.29 is 14.7 Å². The van der Waals surface area contributed by atoms with Crippen LogP contribution < -0.4 is 10.6 Å². The molecule has 1 heterocycles. The first-order valence-corrected chi connectivity index (χ1v) is 8.19. The number of carbonyl (C=O) groups excluding carboxylic acids is 1. The highest BCUT2D eigenvalue weighted by molar-refractivity contribution is 7.15. The lowest BCUT2D eigenvalue weighted by Crippen LogP contribution is -2.12. The van der Waals surface area contributed by atoms with E-state index in [0.717, 1.165) is 10.6 Å². The van der Waals surface area contributed by atoms with Crippen LogP contribution in [0.2, 0.25) is 0 Å². The van der Waals surface area contributed by atoms with Gasteiger partial charge in [-0.1, -0.05) is 41.7 Å². The number of hydrogen-bond donors (Lipinski definition) is 3. The maximum Gasteiger partial charge on any atom is 0.409 e. The third kappa shape index (κ3) is 4.61. The standard InChI is InChI=1S/C17H14N4O3S/c22-15(12-6-8-13(9-7-12)18-17(23)24)19-16-21-20-14(25-16)10-11-4-2-1-3-5-11/h1-9,18H,10H2,(H,23,24)(H,19,21,22). The molecule has 25 heavy (non-hydrogen) atoms. The van der Waals surface area contributed by atoms with Gasteiger partial charge in [-0.2, -0.15) is 0 Å². The molecule has 0 aliphatic heterocycles. The van der Waals surface area contributed by atoms with E-state index in [1.807, 2.05) is 30.3 Å². The van der Waals surface area contributed by atoms with Crippen molar-refractivity contribution in [1.29, 1.82) is 0 Å². The zero-order valence-electron chi connectivity index (χ0n) is 13.0. The number of aromatic nitrogens is 2. The van der Waals surface area contributed by atoms with E-state index in [-0.39, 0.29) is 5.91 Å². The van der Waals surface area contributed by atoms with E-state index in [9.17, 15) is 9.59 Å². The van der Waals surface area contributed by atoms with Gasteiger partial charge >= 0.3 is 6.09 Å². The summed E-state index contributed by atoms with van der Waals surface area (Å²) in [6, 6.07) is 16.0. The van der Waals surface area contributed by atoms with E-state index >= 15 is 0 Å². The molecular weight excluding hydrogens is 340 g/mol. The highest BCUT2D eigenvalue weighted by Gasteiger charge is 2.11. The first-order valence-electron chi connectivity index (χ1n) is 7.38. The molecular formula is C17H14N4O3S. The number of rotatable bonds is 5. The molecule has 0 aliphatic rings. The predicted molar refractivity (Wildman–Crippen MR) is 95.2 cm³/mol. The van der Waals surface area contributed by atoms with Crippen molar-refractivity contribution in [3.8, 4) is 0 Å². The molecule has 0 fully saturated rings. The number of nitrogens with zero attached hydrogens (tertiary/aromatic N) is 2. The average molecular weight is 354 g/mol. The van der Waals surface area contributed by atoms with Crippen molar-refractivity contribution in [3.63, 3.8) is 0 Å². The smallest absolute Gasteiger partial charge is 0.409 e. The molecule has 0 bridgehead atoms. The molecule has 3 aromatic rings. The number of amides is 2. The second kappa shape index (κ2) is 7.54. The van der Waals surface area contributed by atoms with Gasteiger partial charge in [0, 0.05) is 17.7 Å². The lowest BCUT2D eigenvalue weighted by atomic mass is 10.2. The van der Waals surface area contributed by atoms with Crippen LogP contribution in [0.3, 0.4) is 0 Å². The fraction of sp³-hybridized carbons (Fsp3) is 0.0588. The first-order chi connectivity index (χ1) is 12.1. The summed E-state index contributed by atoms with van der Waals surface area (Å²) in [6.07, 6.45) is -0.499. The molecule has 0 saturated heterocycles. The molecule has 7 nitrogen and oxygen atoms in total. The van der Waals surface area contributed by atoms with Crippen LogP contribution in [-0.4, -0.2) is 27.3 Å². The lowest BCUT2D eigenvalue weighted by Gasteiger charge is -2.03. The van der Waals surface area contributed by atoms with E-state index in [1.165, 1.54) is 35.6 Å². The fourth-order valence-electron chi connectivity index (χ4n) is 2.14. The normalized spacial score (nSPS) is 10.2. The van der Waals surface area contributed by atoms with E-state index in [0.29, 0.717) is 22.8 Å². The van der Waals surface area contributed by atoms with E-state index in [4.69, 9.17) is 5.11 Å². The molecule has 2 amide bonds. The summed E-state index contributed by atoms with van der Waals surface area (Å²) < 4.78 is 0. The van der Waals surface area contributed by atoms with Crippen molar-refractivity contribution >= 4 is 34.2 Å². The van der Waals surface area contributed by atoms with Gasteiger partial charge in [-0.3, -0.25) is 15.4 Å². The number of carbonyl (C=O) groups is 2. The molecule has 0 spiro atoms. The van der Waals surface area contributed by atoms with Crippen molar-refractivity contribution in [2.75, 3.05) is 10.6 Å². The number of nitrogens with one attached hydrogen (secondary N) is 2. The molecule has 0 saturated carbocycles. The van der Waals surface area contributed by atoms with Gasteiger partial charge in [0.05, 0.1) is 0 Å². The second-order valence-corrected chi connectivity index (χ2v) is 6.19. The van der Waals surface area contributed by atoms with Crippen LogP contribution in [-0.2, 0) is 6.42 Å². The summed E-state index contributed by atoms with van der Waals surface area (Å²) in [5.41, 5.74) is 1.92. The summed E-state index contributed by atoms with van der Waals surface area (Å²) in [4.78, 5) is 22.8. The zero-order chi connectivity index (χ0) is 17.6. The fourth-order valence-corrected chi connectivity index (χ4v) is 2.91. The number of benzene rings is 2. The highest BCUT2D eigenvalue weighted by Crippen LogP contribution is 2.19. The van der Waals surface area contributed by atoms with Crippen LogP contribution in [0.1, 0.15) is 20.9 Å². The number of carboxylic acid groups (broad SMARTS) is 1.